The molecule has 2 heterocycles. The van der Waals surface area contributed by atoms with E-state index in [0.717, 1.165) is 11.1 Å². The molecule has 32 heavy (non-hydrogen) atoms. The number of benzene rings is 3. The van der Waals surface area contributed by atoms with Gasteiger partial charge in [0.2, 0.25) is 11.5 Å². The fourth-order valence-corrected chi connectivity index (χ4v) is 3.74. The quantitative estimate of drug-likeness (QED) is 0.204. The van der Waals surface area contributed by atoms with E-state index in [4.69, 9.17) is 25.5 Å². The Bertz CT molecular complexity index is 1430. The van der Waals surface area contributed by atoms with Crippen molar-refractivity contribution >= 4 is 40.4 Å². The summed E-state index contributed by atoms with van der Waals surface area (Å²) in [5, 5.41) is 1.25. The number of hydrogen-bond donors (Lipinski definition) is 0. The Morgan fingerprint density at radius 2 is 1.78 bits per heavy atom. The van der Waals surface area contributed by atoms with E-state index in [2.05, 4.69) is 0 Å². The van der Waals surface area contributed by atoms with Gasteiger partial charge in [0.1, 0.15) is 17.1 Å². The summed E-state index contributed by atoms with van der Waals surface area (Å²) in [6.07, 6.45) is 1.70. The van der Waals surface area contributed by atoms with Gasteiger partial charge in [-0.15, -0.1) is 0 Å². The Morgan fingerprint density at radius 1 is 1.00 bits per heavy atom. The maximum Gasteiger partial charge on any atom is 0.379 e. The summed E-state index contributed by atoms with van der Waals surface area (Å²) in [5.41, 5.74) is 3.51. The zero-order valence-electron chi connectivity index (χ0n) is 17.3. The summed E-state index contributed by atoms with van der Waals surface area (Å²) in [5.74, 6) is 0.0891. The normalized spacial score (nSPS) is 14.0. The third kappa shape index (κ3) is 3.57. The maximum absolute atomic E-state index is 12.8. The van der Waals surface area contributed by atoms with Gasteiger partial charge in [0.15, 0.2) is 5.76 Å². The number of ketones is 1. The number of esters is 1. The van der Waals surface area contributed by atoms with Crippen LogP contribution in [0.4, 0.5) is 0 Å². The lowest BCUT2D eigenvalue weighted by Crippen LogP contribution is -2.08. The van der Waals surface area contributed by atoms with Crippen molar-refractivity contribution in [2.45, 2.75) is 13.8 Å². The van der Waals surface area contributed by atoms with Gasteiger partial charge in [-0.25, -0.2) is 4.79 Å². The minimum atomic E-state index is -0.653. The lowest BCUT2D eigenvalue weighted by molar-refractivity contribution is 0.0702. The molecule has 1 aliphatic heterocycles. The summed E-state index contributed by atoms with van der Waals surface area (Å²) in [4.78, 5) is 25.4. The topological polar surface area (TPSA) is 65.7 Å². The zero-order chi connectivity index (χ0) is 22.4. The van der Waals surface area contributed by atoms with Crippen LogP contribution in [-0.4, -0.2) is 11.8 Å². The van der Waals surface area contributed by atoms with Crippen LogP contribution in [0.1, 0.15) is 37.6 Å². The Hall–Kier alpha value is -3.83. The standard InChI is InChI=1S/C26H17ClO5/c1-14-3-5-16(6-4-14)11-22-24(28)19-8-10-20(15(2)25(19)31-22)32-26(29)23-13-17-12-18(27)7-9-21(17)30-23/h3-13H,1-2H3/b22-11-. The number of carbonyl (C=O) groups excluding carboxylic acids is 2. The van der Waals surface area contributed by atoms with Crippen molar-refractivity contribution in [1.82, 2.24) is 0 Å². The van der Waals surface area contributed by atoms with E-state index in [0.29, 0.717) is 32.9 Å². The molecule has 5 nitrogen and oxygen atoms in total. The Balaban J connectivity index is 1.41. The molecule has 1 aliphatic rings. The van der Waals surface area contributed by atoms with E-state index < -0.39 is 5.97 Å². The van der Waals surface area contributed by atoms with Crippen LogP contribution < -0.4 is 9.47 Å². The third-order valence-corrected chi connectivity index (χ3v) is 5.53. The first kappa shape index (κ1) is 20.1. The van der Waals surface area contributed by atoms with Gasteiger partial charge >= 0.3 is 5.97 Å². The number of Topliss-reactive ketones (excluding diaryl/α,β-unsaturated/α-hetero) is 1. The van der Waals surface area contributed by atoms with Gasteiger partial charge in [-0.3, -0.25) is 4.79 Å². The lowest BCUT2D eigenvalue weighted by atomic mass is 10.1. The van der Waals surface area contributed by atoms with E-state index in [1.165, 1.54) is 0 Å². The highest BCUT2D eigenvalue weighted by Gasteiger charge is 2.31. The van der Waals surface area contributed by atoms with Crippen LogP contribution in [0.2, 0.25) is 5.02 Å². The molecule has 0 N–H and O–H groups in total. The summed E-state index contributed by atoms with van der Waals surface area (Å²) in [6, 6.07) is 17.6. The minimum Gasteiger partial charge on any atom is -0.452 e. The van der Waals surface area contributed by atoms with Crippen molar-refractivity contribution in [2.75, 3.05) is 0 Å². The van der Waals surface area contributed by atoms with E-state index in [-0.39, 0.29) is 23.1 Å². The second kappa shape index (κ2) is 7.70. The predicted octanol–water partition coefficient (Wildman–Crippen LogP) is 6.54. The number of fused-ring (bicyclic) bond motifs is 2. The molecule has 0 radical (unpaired) electrons. The van der Waals surface area contributed by atoms with Crippen LogP contribution in [0.15, 0.2) is 70.8 Å². The number of halogens is 1. The van der Waals surface area contributed by atoms with Gasteiger partial charge in [-0.2, -0.15) is 0 Å². The number of aryl methyl sites for hydroxylation is 1. The van der Waals surface area contributed by atoms with Crippen LogP contribution in [-0.2, 0) is 0 Å². The third-order valence-electron chi connectivity index (χ3n) is 5.29. The predicted molar refractivity (Wildman–Crippen MR) is 121 cm³/mol. The average Bonchev–Trinajstić information content (AvgIpc) is 3.33. The molecule has 3 aromatic carbocycles. The highest BCUT2D eigenvalue weighted by Crippen LogP contribution is 2.39. The molecule has 0 unspecified atom stereocenters. The largest absolute Gasteiger partial charge is 0.452 e. The van der Waals surface area contributed by atoms with Crippen LogP contribution in [0.5, 0.6) is 11.5 Å². The molecule has 0 fully saturated rings. The second-order valence-electron chi connectivity index (χ2n) is 7.60. The molecule has 0 atom stereocenters. The molecule has 158 valence electrons. The molecular weight excluding hydrogens is 428 g/mol. The zero-order valence-corrected chi connectivity index (χ0v) is 18.0. The second-order valence-corrected chi connectivity index (χ2v) is 8.03. The van der Waals surface area contributed by atoms with Crippen molar-refractivity contribution in [3.05, 3.63) is 99.5 Å². The fourth-order valence-electron chi connectivity index (χ4n) is 3.56. The van der Waals surface area contributed by atoms with Gasteiger partial charge < -0.3 is 13.9 Å². The molecule has 0 amide bonds. The van der Waals surface area contributed by atoms with Crippen molar-refractivity contribution < 1.29 is 23.5 Å². The van der Waals surface area contributed by atoms with Crippen LogP contribution >= 0.6 is 11.6 Å². The van der Waals surface area contributed by atoms with Gasteiger partial charge in [0.25, 0.3) is 0 Å². The smallest absolute Gasteiger partial charge is 0.379 e. The number of furan rings is 1. The Morgan fingerprint density at radius 3 is 2.56 bits per heavy atom. The minimum absolute atomic E-state index is 0.0547. The SMILES string of the molecule is Cc1ccc(/C=C2\Oc3c(ccc(OC(=O)c4cc5cc(Cl)ccc5o4)c3C)C2=O)cc1. The van der Waals surface area contributed by atoms with Crippen LogP contribution in [0.3, 0.4) is 0 Å². The summed E-state index contributed by atoms with van der Waals surface area (Å²) < 4.78 is 17.0. The van der Waals surface area contributed by atoms with Gasteiger partial charge in [0.05, 0.1) is 5.56 Å². The summed E-state index contributed by atoms with van der Waals surface area (Å²) in [7, 11) is 0. The summed E-state index contributed by atoms with van der Waals surface area (Å²) in [6.45, 7) is 3.73. The van der Waals surface area contributed by atoms with Crippen molar-refractivity contribution in [2.24, 2.45) is 0 Å². The number of rotatable bonds is 3. The molecule has 4 aromatic rings. The van der Waals surface area contributed by atoms with Crippen molar-refractivity contribution in [3.63, 3.8) is 0 Å². The number of hydrogen-bond acceptors (Lipinski definition) is 5. The Kier molecular flexibility index (Phi) is 4.83. The highest BCUT2D eigenvalue weighted by molar-refractivity contribution is 6.31. The maximum atomic E-state index is 12.8. The summed E-state index contributed by atoms with van der Waals surface area (Å²) >= 11 is 5.99. The first-order chi connectivity index (χ1) is 15.4. The molecule has 0 bridgehead atoms. The Labute approximate surface area is 188 Å². The molecule has 0 saturated heterocycles. The molecule has 0 saturated carbocycles. The number of carbonyl (C=O) groups is 2. The van der Waals surface area contributed by atoms with Crippen LogP contribution in [0.25, 0.3) is 17.0 Å². The van der Waals surface area contributed by atoms with Crippen molar-refractivity contribution in [3.8, 4) is 11.5 Å². The first-order valence-electron chi connectivity index (χ1n) is 9.95. The number of allylic oxidation sites excluding steroid dienone is 1. The van der Waals surface area contributed by atoms with Crippen LogP contribution in [0, 0.1) is 13.8 Å². The molecule has 6 heteroatoms. The van der Waals surface area contributed by atoms with E-state index in [1.807, 2.05) is 31.2 Å². The van der Waals surface area contributed by atoms with E-state index in [9.17, 15) is 9.59 Å². The monoisotopic (exact) mass is 444 g/mol. The lowest BCUT2D eigenvalue weighted by Gasteiger charge is -2.09. The highest BCUT2D eigenvalue weighted by atomic mass is 35.5. The fraction of sp³-hybridized carbons (Fsp3) is 0.0769. The van der Waals surface area contributed by atoms with E-state index >= 15 is 0 Å². The molecule has 0 aliphatic carbocycles. The number of ether oxygens (including phenoxy) is 2. The molecular formula is C26H17ClO5. The first-order valence-corrected chi connectivity index (χ1v) is 10.3. The van der Waals surface area contributed by atoms with Crippen molar-refractivity contribution in [1.29, 1.82) is 0 Å². The van der Waals surface area contributed by atoms with Gasteiger partial charge in [0, 0.05) is 16.0 Å². The molecule has 0 spiro atoms. The van der Waals surface area contributed by atoms with E-state index in [1.54, 1.807) is 49.4 Å². The molecule has 1 aromatic heterocycles. The van der Waals surface area contributed by atoms with Gasteiger partial charge in [-0.1, -0.05) is 41.4 Å². The molecule has 5 rings (SSSR count). The van der Waals surface area contributed by atoms with Gasteiger partial charge in [-0.05, 0) is 61.9 Å². The average molecular weight is 445 g/mol.